The van der Waals surface area contributed by atoms with Crippen LogP contribution in [0.4, 0.5) is 0 Å². The van der Waals surface area contributed by atoms with Crippen molar-refractivity contribution in [1.82, 2.24) is 20.9 Å². The van der Waals surface area contributed by atoms with Crippen LogP contribution < -0.4 is 16.0 Å². The Labute approximate surface area is 151 Å². The van der Waals surface area contributed by atoms with Crippen molar-refractivity contribution in [2.24, 2.45) is 5.41 Å². The summed E-state index contributed by atoms with van der Waals surface area (Å²) in [6.07, 6.45) is 1.88. The molecule has 1 aromatic rings. The van der Waals surface area contributed by atoms with Crippen molar-refractivity contribution in [2.75, 3.05) is 13.1 Å². The average Bonchev–Trinajstić information content (AvgIpc) is 3.25. The first-order valence-electron chi connectivity index (χ1n) is 9.27. The lowest BCUT2D eigenvalue weighted by Crippen LogP contribution is -2.52. The molecule has 0 bridgehead atoms. The van der Waals surface area contributed by atoms with E-state index in [0.717, 1.165) is 29.8 Å². The second kappa shape index (κ2) is 5.62. The number of fused-ring (bicyclic) bond motifs is 1. The van der Waals surface area contributed by atoms with Gasteiger partial charge in [-0.3, -0.25) is 19.7 Å². The first-order chi connectivity index (χ1) is 12.6. The number of imide groups is 1. The topological polar surface area (TPSA) is 90.5 Å². The van der Waals surface area contributed by atoms with Gasteiger partial charge in [-0.2, -0.15) is 0 Å². The highest BCUT2D eigenvalue weighted by Gasteiger charge is 2.57. The summed E-state index contributed by atoms with van der Waals surface area (Å²) in [7, 11) is 0. The first kappa shape index (κ1) is 16.0. The van der Waals surface area contributed by atoms with Crippen LogP contribution in [0, 0.1) is 5.41 Å². The van der Waals surface area contributed by atoms with Crippen molar-refractivity contribution in [1.29, 1.82) is 0 Å². The lowest BCUT2D eigenvalue weighted by molar-refractivity contribution is -0.136. The third-order valence-corrected chi connectivity index (χ3v) is 6.32. The van der Waals surface area contributed by atoms with Crippen LogP contribution in [0.5, 0.6) is 0 Å². The standard InChI is InChI=1S/C19H22N4O3/c24-15-5-4-13(17(25)22-15)23-8-12-3-1-2-11(16(12)18(23)26)7-21-14-6-19(14)9-20-10-19/h1-3,13-14,20-21H,4-10H2,(H,22,24,25). The average molecular weight is 354 g/mol. The summed E-state index contributed by atoms with van der Waals surface area (Å²) >= 11 is 0. The number of amides is 3. The van der Waals surface area contributed by atoms with Crippen LogP contribution in [0.25, 0.3) is 0 Å². The molecule has 1 spiro atoms. The van der Waals surface area contributed by atoms with Gasteiger partial charge in [0.15, 0.2) is 0 Å². The third kappa shape index (κ3) is 2.38. The molecular weight excluding hydrogens is 332 g/mol. The SMILES string of the molecule is O=C1CCC(N2Cc3cccc(CNC4CC45CNC5)c3C2=O)C(=O)N1. The number of piperidine rings is 1. The van der Waals surface area contributed by atoms with Gasteiger partial charge in [-0.05, 0) is 24.0 Å². The van der Waals surface area contributed by atoms with Gasteiger partial charge in [0.25, 0.3) is 5.91 Å². The predicted octanol–water partition coefficient (Wildman–Crippen LogP) is -0.101. The normalized spacial score (nSPS) is 28.8. The summed E-state index contributed by atoms with van der Waals surface area (Å²) in [4.78, 5) is 38.2. The molecule has 1 aliphatic carbocycles. The molecule has 3 aliphatic heterocycles. The molecule has 4 aliphatic rings. The predicted molar refractivity (Wildman–Crippen MR) is 93.0 cm³/mol. The Kier molecular flexibility index (Phi) is 3.45. The fourth-order valence-corrected chi connectivity index (χ4v) is 4.54. The van der Waals surface area contributed by atoms with Crippen LogP contribution in [0.2, 0.25) is 0 Å². The van der Waals surface area contributed by atoms with Gasteiger partial charge in [0.1, 0.15) is 6.04 Å². The zero-order valence-corrected chi connectivity index (χ0v) is 14.5. The van der Waals surface area contributed by atoms with Crippen LogP contribution in [0.15, 0.2) is 18.2 Å². The number of nitrogens with zero attached hydrogens (tertiary/aromatic N) is 1. The summed E-state index contributed by atoms with van der Waals surface area (Å²) in [5.74, 6) is -0.716. The van der Waals surface area contributed by atoms with Gasteiger partial charge in [-0.25, -0.2) is 0 Å². The van der Waals surface area contributed by atoms with Crippen molar-refractivity contribution in [3.63, 3.8) is 0 Å². The maximum atomic E-state index is 13.0. The van der Waals surface area contributed by atoms with Crippen molar-refractivity contribution in [2.45, 2.75) is 44.4 Å². The third-order valence-electron chi connectivity index (χ3n) is 6.32. The minimum atomic E-state index is -0.554. The summed E-state index contributed by atoms with van der Waals surface area (Å²) in [6, 6.07) is 5.90. The van der Waals surface area contributed by atoms with E-state index in [1.807, 2.05) is 18.2 Å². The van der Waals surface area contributed by atoms with E-state index in [4.69, 9.17) is 0 Å². The van der Waals surface area contributed by atoms with E-state index < -0.39 is 6.04 Å². The molecule has 2 saturated heterocycles. The molecule has 26 heavy (non-hydrogen) atoms. The van der Waals surface area contributed by atoms with E-state index in [1.54, 1.807) is 4.90 Å². The van der Waals surface area contributed by atoms with E-state index in [2.05, 4.69) is 16.0 Å². The fraction of sp³-hybridized carbons (Fsp3) is 0.526. The van der Waals surface area contributed by atoms with Crippen LogP contribution in [-0.2, 0) is 22.7 Å². The highest BCUT2D eigenvalue weighted by Crippen LogP contribution is 2.49. The molecule has 1 saturated carbocycles. The summed E-state index contributed by atoms with van der Waals surface area (Å²) in [5, 5.41) is 9.27. The quantitative estimate of drug-likeness (QED) is 0.657. The summed E-state index contributed by atoms with van der Waals surface area (Å²) in [5.41, 5.74) is 3.14. The van der Waals surface area contributed by atoms with Gasteiger partial charge in [-0.15, -0.1) is 0 Å². The highest BCUT2D eigenvalue weighted by atomic mass is 16.2. The van der Waals surface area contributed by atoms with E-state index in [-0.39, 0.29) is 24.1 Å². The van der Waals surface area contributed by atoms with Crippen molar-refractivity contribution >= 4 is 17.7 Å². The molecule has 3 heterocycles. The number of rotatable bonds is 4. The molecule has 3 fully saturated rings. The number of nitrogens with one attached hydrogen (secondary N) is 3. The molecule has 0 radical (unpaired) electrons. The van der Waals surface area contributed by atoms with Crippen LogP contribution in [0.1, 0.15) is 40.7 Å². The van der Waals surface area contributed by atoms with Crippen LogP contribution in [0.3, 0.4) is 0 Å². The van der Waals surface area contributed by atoms with Gasteiger partial charge in [0.2, 0.25) is 11.8 Å². The molecular formula is C19H22N4O3. The van der Waals surface area contributed by atoms with Gasteiger partial charge in [0.05, 0.1) is 0 Å². The van der Waals surface area contributed by atoms with Gasteiger partial charge < -0.3 is 15.5 Å². The Bertz CT molecular complexity index is 817. The molecule has 7 heteroatoms. The molecule has 2 unspecified atom stereocenters. The van der Waals surface area contributed by atoms with Crippen LogP contribution in [-0.4, -0.2) is 47.8 Å². The monoisotopic (exact) mass is 354 g/mol. The zero-order chi connectivity index (χ0) is 17.9. The van der Waals surface area contributed by atoms with Crippen molar-refractivity contribution < 1.29 is 14.4 Å². The maximum absolute atomic E-state index is 13.0. The van der Waals surface area contributed by atoms with Gasteiger partial charge in [0, 0.05) is 49.6 Å². The Hall–Kier alpha value is -2.25. The Morgan fingerprint density at radius 3 is 2.77 bits per heavy atom. The number of hydrogen-bond acceptors (Lipinski definition) is 5. The van der Waals surface area contributed by atoms with Crippen molar-refractivity contribution in [3.8, 4) is 0 Å². The van der Waals surface area contributed by atoms with Gasteiger partial charge in [-0.1, -0.05) is 18.2 Å². The highest BCUT2D eigenvalue weighted by molar-refractivity contribution is 6.05. The molecule has 5 rings (SSSR count). The number of carbonyl (C=O) groups excluding carboxylic acids is 3. The van der Waals surface area contributed by atoms with Gasteiger partial charge >= 0.3 is 0 Å². The second-order valence-corrected chi connectivity index (χ2v) is 7.95. The first-order valence-corrected chi connectivity index (χ1v) is 9.27. The lowest BCUT2D eigenvalue weighted by Gasteiger charge is -2.29. The van der Waals surface area contributed by atoms with E-state index >= 15 is 0 Å². The van der Waals surface area contributed by atoms with E-state index in [9.17, 15) is 14.4 Å². The number of hydrogen-bond donors (Lipinski definition) is 3. The fourth-order valence-electron chi connectivity index (χ4n) is 4.54. The molecule has 1 aromatic carbocycles. The number of carbonyl (C=O) groups is 3. The summed E-state index contributed by atoms with van der Waals surface area (Å²) < 4.78 is 0. The molecule has 0 aromatic heterocycles. The number of benzene rings is 1. The Morgan fingerprint density at radius 1 is 1.23 bits per heavy atom. The van der Waals surface area contributed by atoms with E-state index in [0.29, 0.717) is 31.0 Å². The minimum absolute atomic E-state index is 0.0947. The largest absolute Gasteiger partial charge is 0.322 e. The minimum Gasteiger partial charge on any atom is -0.322 e. The molecule has 136 valence electrons. The molecule has 7 nitrogen and oxygen atoms in total. The Balaban J connectivity index is 1.32. The second-order valence-electron chi connectivity index (χ2n) is 7.95. The zero-order valence-electron chi connectivity index (χ0n) is 14.5. The van der Waals surface area contributed by atoms with Crippen molar-refractivity contribution in [3.05, 3.63) is 34.9 Å². The molecule has 2 atom stereocenters. The smallest absolute Gasteiger partial charge is 0.255 e. The summed E-state index contributed by atoms with van der Waals surface area (Å²) in [6.45, 7) is 3.27. The maximum Gasteiger partial charge on any atom is 0.255 e. The lowest BCUT2D eigenvalue weighted by atomic mass is 9.99. The molecule has 3 N–H and O–H groups in total. The Morgan fingerprint density at radius 2 is 2.08 bits per heavy atom. The van der Waals surface area contributed by atoms with E-state index in [1.165, 1.54) is 6.42 Å². The molecule has 3 amide bonds. The van der Waals surface area contributed by atoms with Crippen LogP contribution >= 0.6 is 0 Å².